The molecule has 3 rings (SSSR count). The van der Waals surface area contributed by atoms with Crippen LogP contribution >= 0.6 is 0 Å². The Morgan fingerprint density at radius 2 is 0.905 bits per heavy atom. The van der Waals surface area contributed by atoms with E-state index in [1.807, 2.05) is 48.5 Å². The van der Waals surface area contributed by atoms with Crippen LogP contribution in [0.2, 0.25) is 0 Å². The quantitative estimate of drug-likeness (QED) is 0.130. The fraction of sp³-hybridized carbons (Fsp3) is 0.312. The van der Waals surface area contributed by atoms with Crippen molar-refractivity contribution in [2.24, 2.45) is 9.98 Å². The first kappa shape index (κ1) is 32.0. The van der Waals surface area contributed by atoms with Gasteiger partial charge in [0.25, 0.3) is 11.8 Å². The minimum atomic E-state index is -0.267. The maximum absolute atomic E-state index is 12.8. The fourth-order valence-corrected chi connectivity index (χ4v) is 4.07. The molecule has 4 N–H and O–H groups in total. The SMILES string of the molecule is CN=C(NCCCOC)c1ccc(NC(=O)c2ccc(C(=O)Nc3ccc(C(=NC)NCCCOC)cc3)cc2)cc1. The number of amides is 2. The molecule has 0 aromatic heterocycles. The molecule has 0 aliphatic carbocycles. The third kappa shape index (κ3) is 9.83. The number of nitrogens with zero attached hydrogens (tertiary/aromatic N) is 2. The summed E-state index contributed by atoms with van der Waals surface area (Å²) in [5.41, 5.74) is 4.05. The van der Waals surface area contributed by atoms with Gasteiger partial charge in [-0.3, -0.25) is 19.6 Å². The molecule has 0 fully saturated rings. The summed E-state index contributed by atoms with van der Waals surface area (Å²) in [6.45, 7) is 2.86. The molecule has 0 aliphatic heterocycles. The molecule has 0 atom stereocenters. The summed E-state index contributed by atoms with van der Waals surface area (Å²) >= 11 is 0. The summed E-state index contributed by atoms with van der Waals surface area (Å²) in [7, 11) is 6.82. The monoisotopic (exact) mass is 572 g/mol. The van der Waals surface area contributed by atoms with Gasteiger partial charge in [0.2, 0.25) is 0 Å². The minimum absolute atomic E-state index is 0.267. The Hall–Kier alpha value is -4.54. The molecule has 0 saturated heterocycles. The van der Waals surface area contributed by atoms with E-state index in [4.69, 9.17) is 9.47 Å². The van der Waals surface area contributed by atoms with Crippen LogP contribution in [0.3, 0.4) is 0 Å². The van der Waals surface area contributed by atoms with Crippen molar-refractivity contribution < 1.29 is 19.1 Å². The van der Waals surface area contributed by atoms with E-state index in [0.717, 1.165) is 48.7 Å². The van der Waals surface area contributed by atoms with Crippen LogP contribution in [-0.2, 0) is 9.47 Å². The van der Waals surface area contributed by atoms with Crippen LogP contribution in [0, 0.1) is 0 Å². The second-order valence-corrected chi connectivity index (χ2v) is 9.33. The van der Waals surface area contributed by atoms with Crippen molar-refractivity contribution in [2.75, 3.05) is 65.3 Å². The highest BCUT2D eigenvalue weighted by Crippen LogP contribution is 2.15. The van der Waals surface area contributed by atoms with Crippen molar-refractivity contribution in [2.45, 2.75) is 12.8 Å². The maximum Gasteiger partial charge on any atom is 0.255 e. The van der Waals surface area contributed by atoms with E-state index in [2.05, 4.69) is 31.3 Å². The van der Waals surface area contributed by atoms with Crippen molar-refractivity contribution in [3.63, 3.8) is 0 Å². The molecule has 42 heavy (non-hydrogen) atoms. The molecule has 3 aromatic carbocycles. The molecule has 0 radical (unpaired) electrons. The molecule has 10 nitrogen and oxygen atoms in total. The topological polar surface area (TPSA) is 125 Å². The number of nitrogens with one attached hydrogen (secondary N) is 4. The second-order valence-electron chi connectivity index (χ2n) is 9.33. The van der Waals surface area contributed by atoms with Gasteiger partial charge in [-0.1, -0.05) is 0 Å². The molecule has 0 bridgehead atoms. The van der Waals surface area contributed by atoms with E-state index in [9.17, 15) is 9.59 Å². The van der Waals surface area contributed by atoms with Crippen LogP contribution in [0.15, 0.2) is 82.8 Å². The fourth-order valence-electron chi connectivity index (χ4n) is 4.07. The Kier molecular flexibility index (Phi) is 13.2. The largest absolute Gasteiger partial charge is 0.385 e. The number of aliphatic imine (C=N–C) groups is 2. The lowest BCUT2D eigenvalue weighted by atomic mass is 10.1. The Morgan fingerprint density at radius 3 is 1.21 bits per heavy atom. The van der Waals surface area contributed by atoms with Gasteiger partial charge >= 0.3 is 0 Å². The van der Waals surface area contributed by atoms with Crippen molar-refractivity contribution in [3.05, 3.63) is 95.1 Å². The standard InChI is InChI=1S/C32H40N6O4/c1-33-29(35-19-5-21-41-3)23-11-15-27(16-12-23)37-31(39)25-7-9-26(10-8-25)32(40)38-28-17-13-24(14-18-28)30(34-2)36-20-6-22-42-4/h7-18H,5-6,19-22H2,1-4H3,(H,33,35)(H,34,36)(H,37,39)(H,38,40). The van der Waals surface area contributed by atoms with E-state index in [1.54, 1.807) is 52.6 Å². The van der Waals surface area contributed by atoms with Crippen LogP contribution in [0.4, 0.5) is 11.4 Å². The van der Waals surface area contributed by atoms with Crippen LogP contribution in [0.5, 0.6) is 0 Å². The molecular formula is C32H40N6O4. The Bertz CT molecular complexity index is 1230. The number of hydrogen-bond donors (Lipinski definition) is 4. The molecule has 0 unspecified atom stereocenters. The summed E-state index contributed by atoms with van der Waals surface area (Å²) in [6.07, 6.45) is 1.75. The van der Waals surface area contributed by atoms with Crippen LogP contribution in [-0.4, -0.2) is 78.1 Å². The predicted octanol–water partition coefficient (Wildman–Crippen LogP) is 4.20. The highest BCUT2D eigenvalue weighted by Gasteiger charge is 2.11. The summed E-state index contributed by atoms with van der Waals surface area (Å²) < 4.78 is 10.1. The normalized spacial score (nSPS) is 11.6. The number of anilines is 2. The van der Waals surface area contributed by atoms with E-state index >= 15 is 0 Å². The summed E-state index contributed by atoms with van der Waals surface area (Å²) in [4.78, 5) is 34.2. The Labute approximate surface area is 247 Å². The zero-order chi connectivity index (χ0) is 30.2. The number of benzene rings is 3. The van der Waals surface area contributed by atoms with Gasteiger partial charge < -0.3 is 30.7 Å². The zero-order valence-electron chi connectivity index (χ0n) is 24.7. The van der Waals surface area contributed by atoms with E-state index in [-0.39, 0.29) is 11.8 Å². The maximum atomic E-state index is 12.8. The molecule has 0 spiro atoms. The Balaban J connectivity index is 1.53. The number of carbonyl (C=O) groups is 2. The van der Waals surface area contributed by atoms with Crippen LogP contribution < -0.4 is 21.3 Å². The van der Waals surface area contributed by atoms with Gasteiger partial charge in [-0.05, 0) is 85.6 Å². The van der Waals surface area contributed by atoms with Crippen molar-refractivity contribution >= 4 is 34.9 Å². The number of amidine groups is 2. The molecule has 222 valence electrons. The van der Waals surface area contributed by atoms with Crippen molar-refractivity contribution in [3.8, 4) is 0 Å². The van der Waals surface area contributed by atoms with Gasteiger partial charge in [0.1, 0.15) is 11.7 Å². The van der Waals surface area contributed by atoms with Crippen LogP contribution in [0.25, 0.3) is 0 Å². The second kappa shape index (κ2) is 17.3. The molecule has 0 heterocycles. The number of ether oxygens (including phenoxy) is 2. The molecule has 2 amide bonds. The van der Waals surface area contributed by atoms with E-state index in [1.165, 1.54) is 0 Å². The lowest BCUT2D eigenvalue weighted by molar-refractivity contribution is 0.101. The van der Waals surface area contributed by atoms with Gasteiger partial charge in [0.15, 0.2) is 0 Å². The van der Waals surface area contributed by atoms with Crippen molar-refractivity contribution in [1.29, 1.82) is 0 Å². The predicted molar refractivity (Wildman–Crippen MR) is 169 cm³/mol. The number of carbonyl (C=O) groups excluding carboxylic acids is 2. The van der Waals surface area contributed by atoms with Gasteiger partial charge in [-0.2, -0.15) is 0 Å². The third-order valence-corrected chi connectivity index (χ3v) is 6.32. The first-order valence-corrected chi connectivity index (χ1v) is 13.8. The molecule has 10 heteroatoms. The molecular weight excluding hydrogens is 532 g/mol. The average Bonchev–Trinajstić information content (AvgIpc) is 3.02. The van der Waals surface area contributed by atoms with Gasteiger partial charge in [0.05, 0.1) is 0 Å². The lowest BCUT2D eigenvalue weighted by Crippen LogP contribution is -2.26. The molecule has 3 aromatic rings. The third-order valence-electron chi connectivity index (χ3n) is 6.32. The Morgan fingerprint density at radius 1 is 0.571 bits per heavy atom. The summed E-state index contributed by atoms with van der Waals surface area (Å²) in [5.74, 6) is 1.02. The van der Waals surface area contributed by atoms with Crippen LogP contribution in [0.1, 0.15) is 44.7 Å². The van der Waals surface area contributed by atoms with Crippen molar-refractivity contribution in [1.82, 2.24) is 10.6 Å². The highest BCUT2D eigenvalue weighted by atomic mass is 16.5. The number of rotatable bonds is 14. The smallest absolute Gasteiger partial charge is 0.255 e. The first-order valence-electron chi connectivity index (χ1n) is 13.8. The molecule has 0 saturated carbocycles. The minimum Gasteiger partial charge on any atom is -0.385 e. The lowest BCUT2D eigenvalue weighted by Gasteiger charge is -2.11. The van der Waals surface area contributed by atoms with Gasteiger partial charge in [0, 0.05) is 88.2 Å². The van der Waals surface area contributed by atoms with Gasteiger partial charge in [-0.25, -0.2) is 0 Å². The average molecular weight is 573 g/mol. The highest BCUT2D eigenvalue weighted by molar-refractivity contribution is 6.07. The summed E-state index contributed by atoms with van der Waals surface area (Å²) in [5, 5.41) is 12.4. The summed E-state index contributed by atoms with van der Waals surface area (Å²) in [6, 6.07) is 21.4. The number of hydrogen-bond acceptors (Lipinski definition) is 6. The molecule has 0 aliphatic rings. The first-order chi connectivity index (χ1) is 20.5. The zero-order valence-corrected chi connectivity index (χ0v) is 24.7. The van der Waals surface area contributed by atoms with E-state index < -0.39 is 0 Å². The number of methoxy groups -OCH3 is 2. The van der Waals surface area contributed by atoms with Gasteiger partial charge in [-0.15, -0.1) is 0 Å². The van der Waals surface area contributed by atoms with E-state index in [0.29, 0.717) is 35.7 Å².